The van der Waals surface area contributed by atoms with Gasteiger partial charge in [-0.15, -0.1) is 0 Å². The Kier molecular flexibility index (Phi) is 5.23. The number of aryl methyl sites for hydroxylation is 2. The maximum atomic E-state index is 12.8. The van der Waals surface area contributed by atoms with Crippen LogP contribution < -0.4 is 10.9 Å². The lowest BCUT2D eigenvalue weighted by atomic mass is 10.1. The quantitative estimate of drug-likeness (QED) is 0.417. The second-order valence-corrected chi connectivity index (χ2v) is 8.07. The van der Waals surface area contributed by atoms with Gasteiger partial charge in [-0.2, -0.15) is 5.10 Å². The Bertz CT molecular complexity index is 1490. The van der Waals surface area contributed by atoms with E-state index in [1.807, 2.05) is 47.2 Å². The van der Waals surface area contributed by atoms with Gasteiger partial charge in [0.25, 0.3) is 5.56 Å². The third-order valence-corrected chi connectivity index (χ3v) is 6.04. The second-order valence-electron chi connectivity index (χ2n) is 8.07. The van der Waals surface area contributed by atoms with Crippen LogP contribution in [0.1, 0.15) is 18.4 Å². The highest BCUT2D eigenvalue weighted by atomic mass is 16.1. The molecule has 0 saturated carbocycles. The molecular formula is C25H25N5O2. The summed E-state index contributed by atoms with van der Waals surface area (Å²) in [5.74, 6) is 0.0279. The second kappa shape index (κ2) is 8.34. The number of rotatable bonds is 7. The van der Waals surface area contributed by atoms with Crippen LogP contribution in [0.3, 0.4) is 0 Å². The van der Waals surface area contributed by atoms with Gasteiger partial charge >= 0.3 is 0 Å². The molecule has 7 heteroatoms. The first-order valence-corrected chi connectivity index (χ1v) is 10.9. The number of carbonyl (C=O) groups is 1. The zero-order chi connectivity index (χ0) is 22.1. The molecule has 0 aliphatic rings. The Labute approximate surface area is 184 Å². The molecule has 0 aliphatic carbocycles. The van der Waals surface area contributed by atoms with E-state index in [1.54, 1.807) is 13.2 Å². The Morgan fingerprint density at radius 1 is 1.06 bits per heavy atom. The molecule has 0 radical (unpaired) electrons. The Balaban J connectivity index is 1.24. The van der Waals surface area contributed by atoms with Crippen LogP contribution in [0, 0.1) is 0 Å². The monoisotopic (exact) mass is 427 g/mol. The normalized spacial score (nSPS) is 11.5. The fourth-order valence-corrected chi connectivity index (χ4v) is 4.43. The lowest BCUT2D eigenvalue weighted by molar-refractivity contribution is -0.121. The van der Waals surface area contributed by atoms with E-state index in [0.29, 0.717) is 31.4 Å². The molecule has 5 aromatic rings. The van der Waals surface area contributed by atoms with Crippen molar-refractivity contribution in [2.45, 2.75) is 25.8 Å². The molecule has 0 unspecified atom stereocenters. The van der Waals surface area contributed by atoms with Crippen molar-refractivity contribution in [3.05, 3.63) is 76.8 Å². The van der Waals surface area contributed by atoms with E-state index in [9.17, 15) is 9.59 Å². The van der Waals surface area contributed by atoms with Crippen molar-refractivity contribution >= 4 is 38.6 Å². The number of hydrogen-bond acceptors (Lipinski definition) is 3. The van der Waals surface area contributed by atoms with E-state index in [0.717, 1.165) is 28.2 Å². The van der Waals surface area contributed by atoms with E-state index < -0.39 is 0 Å². The highest BCUT2D eigenvalue weighted by Gasteiger charge is 2.15. The molecule has 3 heterocycles. The summed E-state index contributed by atoms with van der Waals surface area (Å²) < 4.78 is 3.38. The van der Waals surface area contributed by atoms with Crippen LogP contribution in [0.2, 0.25) is 0 Å². The third kappa shape index (κ3) is 3.56. The van der Waals surface area contributed by atoms with Gasteiger partial charge in [-0.3, -0.25) is 9.59 Å². The molecule has 0 spiro atoms. The molecular weight excluding hydrogens is 402 g/mol. The number of nitrogens with zero attached hydrogens (tertiary/aromatic N) is 3. The number of hydrogen-bond donors (Lipinski definition) is 2. The molecule has 0 saturated heterocycles. The number of aromatic amines is 1. The number of amides is 1. The summed E-state index contributed by atoms with van der Waals surface area (Å²) in [6.07, 6.45) is 5.60. The third-order valence-electron chi connectivity index (χ3n) is 6.04. The standard InChI is InChI=1S/C25H25N5O2/c1-29-25(32)24-20(16-28-29)19-8-3-5-10-22(19)30(24)14-6-11-23(31)26-13-12-17-15-27-21-9-4-2-7-18(17)21/h2-5,7-10,15-16,27H,6,11-14H2,1H3,(H,26,31). The molecule has 3 aromatic heterocycles. The van der Waals surface area contributed by atoms with Gasteiger partial charge in [-0.05, 0) is 30.5 Å². The first-order valence-electron chi connectivity index (χ1n) is 10.9. The van der Waals surface area contributed by atoms with E-state index >= 15 is 0 Å². The molecule has 32 heavy (non-hydrogen) atoms. The number of para-hydroxylation sites is 2. The van der Waals surface area contributed by atoms with Crippen LogP contribution in [-0.4, -0.2) is 31.8 Å². The fourth-order valence-electron chi connectivity index (χ4n) is 4.43. The van der Waals surface area contributed by atoms with E-state index in [4.69, 9.17) is 0 Å². The molecule has 0 fully saturated rings. The number of fused-ring (bicyclic) bond motifs is 4. The van der Waals surface area contributed by atoms with Crippen molar-refractivity contribution in [1.29, 1.82) is 0 Å². The lowest BCUT2D eigenvalue weighted by Gasteiger charge is -2.08. The fraction of sp³-hybridized carbons (Fsp3) is 0.240. The summed E-state index contributed by atoms with van der Waals surface area (Å²) in [4.78, 5) is 28.4. The molecule has 2 N–H and O–H groups in total. The SMILES string of the molecule is Cn1ncc2c3ccccc3n(CCCC(=O)NCCc3c[nH]c4ccccc34)c2c1=O. The summed E-state index contributed by atoms with van der Waals surface area (Å²) in [6, 6.07) is 16.1. The average Bonchev–Trinajstić information content (AvgIpc) is 3.36. The predicted molar refractivity (Wildman–Crippen MR) is 127 cm³/mol. The summed E-state index contributed by atoms with van der Waals surface area (Å²) >= 11 is 0. The van der Waals surface area contributed by atoms with Crippen LogP contribution in [0.25, 0.3) is 32.7 Å². The average molecular weight is 428 g/mol. The maximum absolute atomic E-state index is 12.8. The summed E-state index contributed by atoms with van der Waals surface area (Å²) in [6.45, 7) is 1.20. The predicted octanol–water partition coefficient (Wildman–Crippen LogP) is 3.51. The summed E-state index contributed by atoms with van der Waals surface area (Å²) in [5, 5.41) is 10.3. The molecule has 2 aromatic carbocycles. The van der Waals surface area contributed by atoms with Crippen LogP contribution in [0.4, 0.5) is 0 Å². The van der Waals surface area contributed by atoms with Crippen molar-refractivity contribution in [2.75, 3.05) is 6.54 Å². The largest absolute Gasteiger partial charge is 0.361 e. The van der Waals surface area contributed by atoms with Crippen molar-refractivity contribution in [3.8, 4) is 0 Å². The molecule has 1 amide bonds. The minimum absolute atomic E-state index is 0.0279. The molecule has 0 aliphatic heterocycles. The highest BCUT2D eigenvalue weighted by Crippen LogP contribution is 2.26. The van der Waals surface area contributed by atoms with Crippen LogP contribution >= 0.6 is 0 Å². The van der Waals surface area contributed by atoms with Gasteiger partial charge in [0.15, 0.2) is 0 Å². The van der Waals surface area contributed by atoms with E-state index in [-0.39, 0.29) is 11.5 Å². The van der Waals surface area contributed by atoms with Gasteiger partial charge in [0.2, 0.25) is 5.91 Å². The van der Waals surface area contributed by atoms with E-state index in [1.165, 1.54) is 15.6 Å². The molecule has 5 rings (SSSR count). The number of aromatic nitrogens is 4. The molecule has 0 bridgehead atoms. The zero-order valence-corrected chi connectivity index (χ0v) is 18.0. The molecule has 162 valence electrons. The van der Waals surface area contributed by atoms with Crippen molar-refractivity contribution in [3.63, 3.8) is 0 Å². The van der Waals surface area contributed by atoms with E-state index in [2.05, 4.69) is 27.5 Å². The molecule has 7 nitrogen and oxygen atoms in total. The van der Waals surface area contributed by atoms with Gasteiger partial charge in [0, 0.05) is 59.9 Å². The lowest BCUT2D eigenvalue weighted by Crippen LogP contribution is -2.26. The smallest absolute Gasteiger partial charge is 0.291 e. The Morgan fingerprint density at radius 3 is 2.72 bits per heavy atom. The number of nitrogens with one attached hydrogen (secondary N) is 2. The Hall–Kier alpha value is -3.87. The van der Waals surface area contributed by atoms with Crippen LogP contribution in [0.15, 0.2) is 65.7 Å². The maximum Gasteiger partial charge on any atom is 0.291 e. The van der Waals surface area contributed by atoms with Crippen LogP contribution in [0.5, 0.6) is 0 Å². The number of benzene rings is 2. The van der Waals surface area contributed by atoms with Crippen molar-refractivity contribution in [1.82, 2.24) is 24.6 Å². The minimum atomic E-state index is -0.123. The first-order chi connectivity index (χ1) is 15.6. The van der Waals surface area contributed by atoms with Crippen molar-refractivity contribution in [2.24, 2.45) is 7.05 Å². The van der Waals surface area contributed by atoms with Crippen LogP contribution in [-0.2, 0) is 24.8 Å². The van der Waals surface area contributed by atoms with Gasteiger partial charge in [0.1, 0.15) is 5.52 Å². The highest BCUT2D eigenvalue weighted by molar-refractivity contribution is 6.07. The minimum Gasteiger partial charge on any atom is -0.361 e. The van der Waals surface area contributed by atoms with Gasteiger partial charge in [0.05, 0.1) is 6.20 Å². The number of carbonyl (C=O) groups excluding carboxylic acids is 1. The summed E-state index contributed by atoms with van der Waals surface area (Å²) in [7, 11) is 1.66. The summed E-state index contributed by atoms with van der Waals surface area (Å²) in [5.41, 5.74) is 3.83. The van der Waals surface area contributed by atoms with Crippen molar-refractivity contribution < 1.29 is 4.79 Å². The van der Waals surface area contributed by atoms with Gasteiger partial charge in [-0.25, -0.2) is 4.68 Å². The van der Waals surface area contributed by atoms with Gasteiger partial charge < -0.3 is 14.9 Å². The first kappa shape index (κ1) is 20.1. The molecule has 0 atom stereocenters. The zero-order valence-electron chi connectivity index (χ0n) is 18.0. The topological polar surface area (TPSA) is 84.7 Å². The van der Waals surface area contributed by atoms with Gasteiger partial charge in [-0.1, -0.05) is 36.4 Å². The Morgan fingerprint density at radius 2 is 1.84 bits per heavy atom. The number of H-pyrrole nitrogens is 1.